The first-order valence-corrected chi connectivity index (χ1v) is 8.46. The minimum absolute atomic E-state index is 0.0696. The number of esters is 1. The van der Waals surface area contributed by atoms with Crippen molar-refractivity contribution in [2.24, 2.45) is 0 Å². The molecule has 0 aliphatic heterocycles. The molecule has 2 N–H and O–H groups in total. The van der Waals surface area contributed by atoms with E-state index < -0.39 is 5.97 Å². The highest BCUT2D eigenvalue weighted by atomic mass is 16.5. The van der Waals surface area contributed by atoms with Crippen LogP contribution in [0.25, 0.3) is 11.0 Å². The van der Waals surface area contributed by atoms with Crippen molar-refractivity contribution in [2.75, 3.05) is 24.7 Å². The number of aryl methyl sites for hydroxylation is 1. The van der Waals surface area contributed by atoms with E-state index >= 15 is 0 Å². The van der Waals surface area contributed by atoms with Crippen LogP contribution in [0.3, 0.4) is 0 Å². The second kappa shape index (κ2) is 7.14. The van der Waals surface area contributed by atoms with Crippen LogP contribution in [0, 0.1) is 6.92 Å². The van der Waals surface area contributed by atoms with Crippen LogP contribution >= 0.6 is 0 Å². The minimum Gasteiger partial charge on any atom is -0.454 e. The van der Waals surface area contributed by atoms with Crippen LogP contribution in [0.4, 0.5) is 11.9 Å². The van der Waals surface area contributed by atoms with E-state index in [0.29, 0.717) is 17.2 Å². The van der Waals surface area contributed by atoms with E-state index in [1.54, 1.807) is 38.2 Å². The maximum atomic E-state index is 12.5. The Labute approximate surface area is 156 Å². The first-order chi connectivity index (χ1) is 12.8. The summed E-state index contributed by atoms with van der Waals surface area (Å²) >= 11 is 0. The first kappa shape index (κ1) is 18.5. The van der Waals surface area contributed by atoms with Gasteiger partial charge in [-0.15, -0.1) is 0 Å². The van der Waals surface area contributed by atoms with Crippen molar-refractivity contribution < 1.29 is 9.53 Å². The number of carbonyl (C=O) groups excluding carboxylic acids is 1. The van der Waals surface area contributed by atoms with E-state index in [9.17, 15) is 4.79 Å². The summed E-state index contributed by atoms with van der Waals surface area (Å²) < 4.78 is 7.17. The van der Waals surface area contributed by atoms with Crippen molar-refractivity contribution in [1.82, 2.24) is 29.7 Å². The highest BCUT2D eigenvalue weighted by molar-refractivity contribution is 5.94. The average molecular weight is 370 g/mol. The number of hydrogen-bond acceptors (Lipinski definition) is 9. The lowest BCUT2D eigenvalue weighted by atomic mass is 10.2. The quantitative estimate of drug-likeness (QED) is 0.665. The molecule has 0 aromatic carbocycles. The van der Waals surface area contributed by atoms with Crippen molar-refractivity contribution in [3.05, 3.63) is 29.3 Å². The normalized spacial score (nSPS) is 11.2. The van der Waals surface area contributed by atoms with E-state index in [2.05, 4.69) is 25.0 Å². The molecular weight excluding hydrogens is 348 g/mol. The molecule has 3 aromatic heterocycles. The monoisotopic (exact) mass is 370 g/mol. The van der Waals surface area contributed by atoms with Gasteiger partial charge in [0.1, 0.15) is 0 Å². The molecule has 3 aromatic rings. The van der Waals surface area contributed by atoms with Crippen molar-refractivity contribution in [1.29, 1.82) is 0 Å². The fraction of sp³-hybridized carbons (Fsp3) is 0.412. The predicted molar refractivity (Wildman–Crippen MR) is 100 cm³/mol. The van der Waals surface area contributed by atoms with Crippen LogP contribution in [0.2, 0.25) is 0 Å². The summed E-state index contributed by atoms with van der Waals surface area (Å²) in [5.74, 6) is 0.234. The van der Waals surface area contributed by atoms with Crippen molar-refractivity contribution >= 4 is 28.9 Å². The van der Waals surface area contributed by atoms with Gasteiger partial charge in [-0.3, -0.25) is 0 Å². The van der Waals surface area contributed by atoms with Gasteiger partial charge in [-0.25, -0.2) is 14.5 Å². The number of pyridine rings is 1. The Morgan fingerprint density at radius 2 is 2.00 bits per heavy atom. The van der Waals surface area contributed by atoms with E-state index in [0.717, 1.165) is 11.0 Å². The number of fused-ring (bicyclic) bond motifs is 1. The maximum absolute atomic E-state index is 12.5. The number of nitrogens with two attached hydrogens (primary N) is 1. The molecule has 3 rings (SSSR count). The summed E-state index contributed by atoms with van der Waals surface area (Å²) in [5.41, 5.74) is 7.36. The number of anilines is 2. The Morgan fingerprint density at radius 1 is 1.26 bits per heavy atom. The van der Waals surface area contributed by atoms with Gasteiger partial charge in [-0.2, -0.15) is 20.1 Å². The Hall–Kier alpha value is -3.30. The van der Waals surface area contributed by atoms with Gasteiger partial charge in [0, 0.05) is 25.5 Å². The lowest BCUT2D eigenvalue weighted by Gasteiger charge is -2.12. The minimum atomic E-state index is -0.510. The van der Waals surface area contributed by atoms with Gasteiger partial charge < -0.3 is 15.4 Å². The first-order valence-electron chi connectivity index (χ1n) is 8.46. The molecule has 0 saturated heterocycles. The zero-order chi connectivity index (χ0) is 19.7. The zero-order valence-electron chi connectivity index (χ0n) is 16.0. The van der Waals surface area contributed by atoms with Crippen molar-refractivity contribution in [3.8, 4) is 0 Å². The second-order valence-electron chi connectivity index (χ2n) is 6.60. The molecule has 3 heterocycles. The third-order valence-electron chi connectivity index (χ3n) is 3.89. The topological polar surface area (TPSA) is 125 Å². The molecule has 0 amide bonds. The lowest BCUT2D eigenvalue weighted by molar-refractivity contribution is 0.0461. The van der Waals surface area contributed by atoms with Gasteiger partial charge in [-0.05, 0) is 26.8 Å². The molecule has 0 atom stereocenters. The zero-order valence-corrected chi connectivity index (χ0v) is 16.0. The van der Waals surface area contributed by atoms with E-state index in [1.807, 2.05) is 18.5 Å². The number of nitrogen functional groups attached to an aromatic ring is 1. The van der Waals surface area contributed by atoms with Crippen LogP contribution < -0.4 is 10.6 Å². The number of ether oxygens (including phenoxy) is 1. The molecule has 10 heteroatoms. The number of rotatable bonds is 5. The average Bonchev–Trinajstić information content (AvgIpc) is 3.01. The lowest BCUT2D eigenvalue weighted by Crippen LogP contribution is -2.17. The maximum Gasteiger partial charge on any atom is 0.340 e. The smallest absolute Gasteiger partial charge is 0.340 e. The molecule has 0 aliphatic rings. The fourth-order valence-corrected chi connectivity index (χ4v) is 2.55. The number of hydrogen-bond donors (Lipinski definition) is 1. The summed E-state index contributed by atoms with van der Waals surface area (Å²) in [4.78, 5) is 30.9. The van der Waals surface area contributed by atoms with E-state index in [1.165, 1.54) is 0 Å². The van der Waals surface area contributed by atoms with Gasteiger partial charge in [0.15, 0.2) is 18.1 Å². The third-order valence-corrected chi connectivity index (χ3v) is 3.89. The van der Waals surface area contributed by atoms with Gasteiger partial charge in [0.05, 0.1) is 17.5 Å². The molecule has 0 radical (unpaired) electrons. The molecule has 0 bridgehead atoms. The molecule has 10 nitrogen and oxygen atoms in total. The van der Waals surface area contributed by atoms with Crippen LogP contribution in [-0.4, -0.2) is 49.8 Å². The molecule has 27 heavy (non-hydrogen) atoms. The van der Waals surface area contributed by atoms with Crippen LogP contribution in [0.15, 0.2) is 12.3 Å². The highest BCUT2D eigenvalue weighted by Crippen LogP contribution is 2.20. The number of nitrogens with zero attached hydrogens (tertiary/aromatic N) is 7. The summed E-state index contributed by atoms with van der Waals surface area (Å²) in [6.07, 6.45) is 1.69. The molecule has 0 fully saturated rings. The summed E-state index contributed by atoms with van der Waals surface area (Å²) in [5, 5.41) is 5.10. The molecule has 0 saturated carbocycles. The SMILES string of the molecule is Cc1nc2c(cnn2C(C)C)cc1C(=O)OCc1nc(N)nc(N(C)C)n1. The van der Waals surface area contributed by atoms with Gasteiger partial charge in [0.25, 0.3) is 0 Å². The number of carbonyl (C=O) groups is 1. The second-order valence-corrected chi connectivity index (χ2v) is 6.60. The van der Waals surface area contributed by atoms with Gasteiger partial charge in [0.2, 0.25) is 11.9 Å². The summed E-state index contributed by atoms with van der Waals surface area (Å²) in [7, 11) is 3.57. The largest absolute Gasteiger partial charge is 0.454 e. The van der Waals surface area contributed by atoms with Crippen molar-refractivity contribution in [3.63, 3.8) is 0 Å². The van der Waals surface area contributed by atoms with Crippen LogP contribution in [0.5, 0.6) is 0 Å². The highest BCUT2D eigenvalue weighted by Gasteiger charge is 2.17. The third kappa shape index (κ3) is 3.78. The Kier molecular flexibility index (Phi) is 4.89. The molecular formula is C17H22N8O2. The van der Waals surface area contributed by atoms with Crippen LogP contribution in [0.1, 0.15) is 41.8 Å². The van der Waals surface area contributed by atoms with E-state index in [-0.39, 0.29) is 24.4 Å². The molecule has 0 aliphatic carbocycles. The van der Waals surface area contributed by atoms with E-state index in [4.69, 9.17) is 10.5 Å². The van der Waals surface area contributed by atoms with Gasteiger partial charge >= 0.3 is 5.97 Å². The summed E-state index contributed by atoms with van der Waals surface area (Å²) in [6, 6.07) is 1.91. The molecule has 142 valence electrons. The Morgan fingerprint density at radius 3 is 2.67 bits per heavy atom. The van der Waals surface area contributed by atoms with Crippen LogP contribution in [-0.2, 0) is 11.3 Å². The standard InChI is InChI=1S/C17H22N8O2/c1-9(2)25-14-11(7-19-25)6-12(10(3)20-14)15(26)27-8-13-21-16(18)23-17(22-13)24(4)5/h6-7,9H,8H2,1-5H3,(H2,18,21,22,23). The predicted octanol–water partition coefficient (Wildman–Crippen LogP) is 1.51. The van der Waals surface area contributed by atoms with Crippen molar-refractivity contribution in [2.45, 2.75) is 33.4 Å². The van der Waals surface area contributed by atoms with Gasteiger partial charge in [-0.1, -0.05) is 0 Å². The Bertz CT molecular complexity index is 996. The molecule has 0 unspecified atom stereocenters. The fourth-order valence-electron chi connectivity index (χ4n) is 2.55. The summed E-state index contributed by atoms with van der Waals surface area (Å²) in [6.45, 7) is 5.69. The molecule has 0 spiro atoms. The Balaban J connectivity index is 1.81. The number of aromatic nitrogens is 6.